The number of carbonyl (C=O) groups is 1. The summed E-state index contributed by atoms with van der Waals surface area (Å²) in [5, 5.41) is 0. The van der Waals surface area contributed by atoms with E-state index in [-0.39, 0.29) is 5.41 Å². The molecule has 1 fully saturated rings. The number of allylic oxidation sites excluding steroid dienone is 1. The monoisotopic (exact) mass is 180 g/mol. The first-order valence-corrected chi connectivity index (χ1v) is 5.22. The van der Waals surface area contributed by atoms with Crippen molar-refractivity contribution in [1.29, 1.82) is 0 Å². The standard InChI is InChI=1S/C12H20O/c1-10(2)9-12(11(3)13)7-5-4-6-8-12/h1,4-9H2,2-3H3. The predicted molar refractivity (Wildman–Crippen MR) is 55.6 cm³/mol. The van der Waals surface area contributed by atoms with E-state index >= 15 is 0 Å². The molecule has 0 atom stereocenters. The van der Waals surface area contributed by atoms with Gasteiger partial charge in [-0.3, -0.25) is 4.79 Å². The number of rotatable bonds is 3. The van der Waals surface area contributed by atoms with Crippen LogP contribution in [-0.2, 0) is 4.79 Å². The molecule has 1 aliphatic rings. The van der Waals surface area contributed by atoms with Gasteiger partial charge >= 0.3 is 0 Å². The van der Waals surface area contributed by atoms with Gasteiger partial charge in [0.2, 0.25) is 0 Å². The Morgan fingerprint density at radius 2 is 1.77 bits per heavy atom. The zero-order valence-electron chi connectivity index (χ0n) is 8.86. The molecule has 0 unspecified atom stereocenters. The normalized spacial score (nSPS) is 21.1. The van der Waals surface area contributed by atoms with Gasteiger partial charge in [0.25, 0.3) is 0 Å². The fourth-order valence-electron chi connectivity index (χ4n) is 2.46. The Hall–Kier alpha value is -0.590. The average molecular weight is 180 g/mol. The van der Waals surface area contributed by atoms with Crippen LogP contribution in [0.1, 0.15) is 52.4 Å². The minimum absolute atomic E-state index is 0.0376. The summed E-state index contributed by atoms with van der Waals surface area (Å²) in [6, 6.07) is 0. The van der Waals surface area contributed by atoms with E-state index in [0.29, 0.717) is 5.78 Å². The van der Waals surface area contributed by atoms with Gasteiger partial charge < -0.3 is 0 Å². The fraction of sp³-hybridized carbons (Fsp3) is 0.750. The molecule has 0 aliphatic heterocycles. The molecule has 1 nitrogen and oxygen atoms in total. The van der Waals surface area contributed by atoms with Crippen LogP contribution in [0.25, 0.3) is 0 Å². The Balaban J connectivity index is 2.73. The van der Waals surface area contributed by atoms with Crippen molar-refractivity contribution in [1.82, 2.24) is 0 Å². The number of hydrogen-bond donors (Lipinski definition) is 0. The summed E-state index contributed by atoms with van der Waals surface area (Å²) >= 11 is 0. The SMILES string of the molecule is C=C(C)CC1(C(C)=O)CCCCC1. The molecule has 0 amide bonds. The van der Waals surface area contributed by atoms with E-state index in [1.54, 1.807) is 6.92 Å². The van der Waals surface area contributed by atoms with Gasteiger partial charge in [-0.15, -0.1) is 6.58 Å². The van der Waals surface area contributed by atoms with Crippen LogP contribution >= 0.6 is 0 Å². The van der Waals surface area contributed by atoms with Crippen LogP contribution < -0.4 is 0 Å². The van der Waals surface area contributed by atoms with E-state index < -0.39 is 0 Å². The maximum Gasteiger partial charge on any atom is 0.136 e. The highest BCUT2D eigenvalue weighted by atomic mass is 16.1. The van der Waals surface area contributed by atoms with Gasteiger partial charge in [-0.1, -0.05) is 24.8 Å². The fourth-order valence-corrected chi connectivity index (χ4v) is 2.46. The number of hydrogen-bond acceptors (Lipinski definition) is 1. The van der Waals surface area contributed by atoms with Crippen LogP contribution in [0.2, 0.25) is 0 Å². The largest absolute Gasteiger partial charge is 0.299 e. The summed E-state index contributed by atoms with van der Waals surface area (Å²) in [5.41, 5.74) is 1.11. The van der Waals surface area contributed by atoms with Crippen LogP contribution in [0.4, 0.5) is 0 Å². The average Bonchev–Trinajstić information content (AvgIpc) is 2.04. The first kappa shape index (κ1) is 10.5. The lowest BCUT2D eigenvalue weighted by Crippen LogP contribution is -2.31. The molecule has 0 aromatic carbocycles. The summed E-state index contributed by atoms with van der Waals surface area (Å²) < 4.78 is 0. The first-order valence-electron chi connectivity index (χ1n) is 5.22. The van der Waals surface area contributed by atoms with E-state index in [4.69, 9.17) is 0 Å². The first-order chi connectivity index (χ1) is 6.07. The van der Waals surface area contributed by atoms with Gasteiger partial charge in [0.15, 0.2) is 0 Å². The number of Topliss-reactive ketones (excluding diaryl/α,β-unsaturated/α-hetero) is 1. The molecule has 1 heteroatoms. The molecule has 0 bridgehead atoms. The molecule has 13 heavy (non-hydrogen) atoms. The minimum atomic E-state index is -0.0376. The van der Waals surface area contributed by atoms with Crippen LogP contribution in [0.3, 0.4) is 0 Å². The molecule has 1 aliphatic carbocycles. The Kier molecular flexibility index (Phi) is 3.29. The molecule has 1 saturated carbocycles. The topological polar surface area (TPSA) is 17.1 Å². The van der Waals surface area contributed by atoms with Crippen molar-refractivity contribution in [3.05, 3.63) is 12.2 Å². The van der Waals surface area contributed by atoms with E-state index in [1.165, 1.54) is 19.3 Å². The summed E-state index contributed by atoms with van der Waals surface area (Å²) in [7, 11) is 0. The smallest absolute Gasteiger partial charge is 0.136 e. The van der Waals surface area contributed by atoms with Crippen LogP contribution in [-0.4, -0.2) is 5.78 Å². The lowest BCUT2D eigenvalue weighted by molar-refractivity contribution is -0.128. The van der Waals surface area contributed by atoms with Gasteiger partial charge in [0, 0.05) is 5.41 Å². The maximum absolute atomic E-state index is 11.6. The minimum Gasteiger partial charge on any atom is -0.299 e. The molecule has 0 N–H and O–H groups in total. The van der Waals surface area contributed by atoms with Gasteiger partial charge in [-0.05, 0) is 33.1 Å². The third kappa shape index (κ3) is 2.43. The summed E-state index contributed by atoms with van der Waals surface area (Å²) in [4.78, 5) is 11.6. The quantitative estimate of drug-likeness (QED) is 0.607. The van der Waals surface area contributed by atoms with E-state index in [2.05, 4.69) is 6.58 Å². The molecule has 0 spiro atoms. The van der Waals surface area contributed by atoms with Gasteiger partial charge in [0.1, 0.15) is 5.78 Å². The molecular weight excluding hydrogens is 160 g/mol. The van der Waals surface area contributed by atoms with Crippen molar-refractivity contribution in [2.75, 3.05) is 0 Å². The van der Waals surface area contributed by atoms with Crippen molar-refractivity contribution >= 4 is 5.78 Å². The van der Waals surface area contributed by atoms with E-state index in [1.807, 2.05) is 6.92 Å². The third-order valence-corrected chi connectivity index (χ3v) is 3.20. The Morgan fingerprint density at radius 3 is 2.15 bits per heavy atom. The van der Waals surface area contributed by atoms with Crippen LogP contribution in [0.5, 0.6) is 0 Å². The van der Waals surface area contributed by atoms with Crippen molar-refractivity contribution in [3.8, 4) is 0 Å². The second-order valence-corrected chi connectivity index (χ2v) is 4.53. The molecule has 0 heterocycles. The molecule has 0 aromatic rings. The van der Waals surface area contributed by atoms with E-state index in [0.717, 1.165) is 24.8 Å². The van der Waals surface area contributed by atoms with Gasteiger partial charge in [0.05, 0.1) is 0 Å². The highest BCUT2D eigenvalue weighted by Gasteiger charge is 2.36. The molecular formula is C12H20O. The predicted octanol–water partition coefficient (Wildman–Crippen LogP) is 3.49. The zero-order valence-corrected chi connectivity index (χ0v) is 8.86. The summed E-state index contributed by atoms with van der Waals surface area (Å²) in [6.07, 6.45) is 6.79. The summed E-state index contributed by atoms with van der Waals surface area (Å²) in [6.45, 7) is 7.70. The lowest BCUT2D eigenvalue weighted by Gasteiger charge is -2.35. The molecule has 1 rings (SSSR count). The molecule has 0 saturated heterocycles. The number of carbonyl (C=O) groups excluding carboxylic acids is 1. The van der Waals surface area contributed by atoms with Crippen LogP contribution in [0, 0.1) is 5.41 Å². The maximum atomic E-state index is 11.6. The second kappa shape index (κ2) is 4.08. The third-order valence-electron chi connectivity index (χ3n) is 3.20. The van der Waals surface area contributed by atoms with Crippen LogP contribution in [0.15, 0.2) is 12.2 Å². The second-order valence-electron chi connectivity index (χ2n) is 4.53. The van der Waals surface area contributed by atoms with E-state index in [9.17, 15) is 4.79 Å². The van der Waals surface area contributed by atoms with Gasteiger partial charge in [-0.25, -0.2) is 0 Å². The molecule has 0 aromatic heterocycles. The highest BCUT2D eigenvalue weighted by Crippen LogP contribution is 2.41. The lowest BCUT2D eigenvalue weighted by atomic mass is 9.68. The van der Waals surface area contributed by atoms with Crippen molar-refractivity contribution in [2.24, 2.45) is 5.41 Å². The Bertz CT molecular complexity index is 209. The Morgan fingerprint density at radius 1 is 1.23 bits per heavy atom. The van der Waals surface area contributed by atoms with Crippen molar-refractivity contribution in [2.45, 2.75) is 52.4 Å². The Labute approximate surface area is 81.2 Å². The molecule has 74 valence electrons. The molecule has 0 radical (unpaired) electrons. The van der Waals surface area contributed by atoms with Crippen molar-refractivity contribution in [3.63, 3.8) is 0 Å². The van der Waals surface area contributed by atoms with Gasteiger partial charge in [-0.2, -0.15) is 0 Å². The summed E-state index contributed by atoms with van der Waals surface area (Å²) in [5.74, 6) is 0.371. The number of ketones is 1. The highest BCUT2D eigenvalue weighted by molar-refractivity contribution is 5.82. The van der Waals surface area contributed by atoms with Crippen molar-refractivity contribution < 1.29 is 4.79 Å². The zero-order chi connectivity index (χ0) is 9.90.